The van der Waals surface area contributed by atoms with Crippen LogP contribution in [0.25, 0.3) is 10.8 Å². The zero-order valence-electron chi connectivity index (χ0n) is 9.69. The van der Waals surface area contributed by atoms with Crippen molar-refractivity contribution in [1.29, 1.82) is 5.41 Å². The molecule has 0 aliphatic heterocycles. The maximum atomic E-state index is 6.93. The first-order valence-electron chi connectivity index (χ1n) is 5.80. The van der Waals surface area contributed by atoms with E-state index < -0.39 is 0 Å². The van der Waals surface area contributed by atoms with E-state index in [0.29, 0.717) is 0 Å². The van der Waals surface area contributed by atoms with Crippen LogP contribution in [-0.4, -0.2) is 6.21 Å². The molecule has 0 heterocycles. The quantitative estimate of drug-likeness (QED) is 0.579. The Morgan fingerprint density at radius 2 is 1.82 bits per heavy atom. The number of anilines is 1. The smallest absolute Gasteiger partial charge is 0.0459 e. The Bertz CT molecular complexity index is 524. The number of hydrogen-bond donors (Lipinski definition) is 2. The minimum atomic E-state index is 0.799. The minimum Gasteiger partial charge on any atom is -0.362 e. The van der Waals surface area contributed by atoms with Gasteiger partial charge in [-0.2, -0.15) is 0 Å². The van der Waals surface area contributed by atoms with E-state index in [-0.39, 0.29) is 0 Å². The lowest BCUT2D eigenvalue weighted by molar-refractivity contribution is 1.11. The minimum absolute atomic E-state index is 0.799. The molecule has 0 unspecified atom stereocenters. The van der Waals surface area contributed by atoms with Crippen LogP contribution in [0.4, 0.5) is 5.69 Å². The maximum Gasteiger partial charge on any atom is 0.0459 e. The van der Waals surface area contributed by atoms with Gasteiger partial charge in [0.2, 0.25) is 0 Å². The lowest BCUT2D eigenvalue weighted by atomic mass is 10.1. The molecular weight excluding hydrogens is 208 g/mol. The molecule has 2 aromatic rings. The van der Waals surface area contributed by atoms with E-state index in [9.17, 15) is 0 Å². The topological polar surface area (TPSA) is 35.9 Å². The summed E-state index contributed by atoms with van der Waals surface area (Å²) in [6.07, 6.45) is 7.13. The summed E-state index contributed by atoms with van der Waals surface area (Å²) in [5.41, 5.74) is 1.12. The first-order chi connectivity index (χ1) is 8.42. The molecule has 0 saturated carbocycles. The predicted octanol–water partition coefficient (Wildman–Crippen LogP) is 4.20. The van der Waals surface area contributed by atoms with Gasteiger partial charge in [0.05, 0.1) is 0 Å². The maximum absolute atomic E-state index is 6.93. The summed E-state index contributed by atoms with van der Waals surface area (Å²) in [5, 5.41) is 12.7. The summed E-state index contributed by atoms with van der Waals surface area (Å²) in [5.74, 6) is 0. The fourth-order valence-electron chi connectivity index (χ4n) is 1.76. The van der Waals surface area contributed by atoms with Crippen molar-refractivity contribution < 1.29 is 0 Å². The Hall–Kier alpha value is -2.09. The average molecular weight is 224 g/mol. The Labute approximate surface area is 101 Å². The zero-order chi connectivity index (χ0) is 11.9. The lowest BCUT2D eigenvalue weighted by Crippen LogP contribution is -1.88. The third kappa shape index (κ3) is 2.94. The van der Waals surface area contributed by atoms with Gasteiger partial charge < -0.3 is 10.7 Å². The monoisotopic (exact) mass is 224 g/mol. The third-order valence-corrected chi connectivity index (χ3v) is 2.62. The largest absolute Gasteiger partial charge is 0.362 e. The van der Waals surface area contributed by atoms with Gasteiger partial charge in [-0.1, -0.05) is 42.5 Å². The first-order valence-corrected chi connectivity index (χ1v) is 5.80. The van der Waals surface area contributed by atoms with Crippen LogP contribution in [-0.2, 0) is 0 Å². The third-order valence-electron chi connectivity index (χ3n) is 2.62. The van der Waals surface area contributed by atoms with E-state index in [1.807, 2.05) is 24.4 Å². The molecular formula is C15H16N2. The number of rotatable bonds is 5. The van der Waals surface area contributed by atoms with Gasteiger partial charge >= 0.3 is 0 Å². The molecule has 0 aliphatic carbocycles. The molecule has 0 fully saturated rings. The van der Waals surface area contributed by atoms with Gasteiger partial charge in [-0.15, -0.1) is 0 Å². The number of unbranched alkanes of at least 4 members (excludes halogenated alkanes) is 1. The van der Waals surface area contributed by atoms with E-state index in [1.54, 1.807) is 0 Å². The van der Waals surface area contributed by atoms with Gasteiger partial charge in [0, 0.05) is 11.1 Å². The molecule has 0 radical (unpaired) electrons. The first kappa shape index (κ1) is 11.4. The summed E-state index contributed by atoms with van der Waals surface area (Å²) < 4.78 is 0. The molecule has 2 N–H and O–H groups in total. The van der Waals surface area contributed by atoms with Crippen LogP contribution >= 0.6 is 0 Å². The second-order valence-electron chi connectivity index (χ2n) is 3.85. The number of hydrogen-bond acceptors (Lipinski definition) is 2. The van der Waals surface area contributed by atoms with Crippen LogP contribution in [0.3, 0.4) is 0 Å². The van der Waals surface area contributed by atoms with Crippen LogP contribution in [0.2, 0.25) is 0 Å². The highest BCUT2D eigenvalue weighted by molar-refractivity contribution is 5.94. The van der Waals surface area contributed by atoms with Crippen LogP contribution < -0.4 is 5.32 Å². The summed E-state index contributed by atoms with van der Waals surface area (Å²) in [6, 6.07) is 14.6. The molecule has 0 atom stereocenters. The highest BCUT2D eigenvalue weighted by atomic mass is 14.8. The highest BCUT2D eigenvalue weighted by Crippen LogP contribution is 2.22. The summed E-state index contributed by atoms with van der Waals surface area (Å²) >= 11 is 0. The van der Waals surface area contributed by atoms with Crippen molar-refractivity contribution in [1.82, 2.24) is 0 Å². The van der Waals surface area contributed by atoms with Crippen molar-refractivity contribution in [2.45, 2.75) is 12.8 Å². The number of allylic oxidation sites excluding steroid dienone is 1. The van der Waals surface area contributed by atoms with Crippen molar-refractivity contribution in [3.8, 4) is 0 Å². The SMILES string of the molecule is N=CCC/C=C/Nc1cccc2ccccc12. The van der Waals surface area contributed by atoms with Crippen LogP contribution in [0.15, 0.2) is 54.7 Å². The number of fused-ring (bicyclic) bond motifs is 1. The van der Waals surface area contributed by atoms with Crippen molar-refractivity contribution in [2.24, 2.45) is 0 Å². The average Bonchev–Trinajstić information content (AvgIpc) is 2.39. The molecule has 0 bridgehead atoms. The second-order valence-corrected chi connectivity index (χ2v) is 3.85. The van der Waals surface area contributed by atoms with Gasteiger partial charge in [0.1, 0.15) is 0 Å². The van der Waals surface area contributed by atoms with Gasteiger partial charge in [0.25, 0.3) is 0 Å². The Morgan fingerprint density at radius 3 is 2.71 bits per heavy atom. The highest BCUT2D eigenvalue weighted by Gasteiger charge is 1.96. The van der Waals surface area contributed by atoms with Crippen molar-refractivity contribution in [3.05, 3.63) is 54.7 Å². The van der Waals surface area contributed by atoms with Crippen molar-refractivity contribution in [2.75, 3.05) is 5.32 Å². The normalized spacial score (nSPS) is 10.8. The predicted molar refractivity (Wildman–Crippen MR) is 74.7 cm³/mol. The van der Waals surface area contributed by atoms with Gasteiger partial charge in [-0.3, -0.25) is 0 Å². The summed E-state index contributed by atoms with van der Waals surface area (Å²) in [6.45, 7) is 0. The van der Waals surface area contributed by atoms with Crippen LogP contribution in [0, 0.1) is 5.41 Å². The molecule has 0 saturated heterocycles. The standard InChI is InChI=1S/C15H16N2/c16-11-4-1-5-12-17-15-10-6-8-13-7-2-3-9-14(13)15/h2-3,5-12,16-17H,1,4H2/b12-5+,16-11?. The Morgan fingerprint density at radius 1 is 1.00 bits per heavy atom. The molecule has 2 heteroatoms. The van der Waals surface area contributed by atoms with Gasteiger partial charge in [0.15, 0.2) is 0 Å². The number of benzene rings is 2. The molecule has 86 valence electrons. The number of nitrogens with one attached hydrogen (secondary N) is 2. The summed E-state index contributed by atoms with van der Waals surface area (Å²) in [4.78, 5) is 0. The van der Waals surface area contributed by atoms with Gasteiger partial charge in [-0.25, -0.2) is 0 Å². The van der Waals surface area contributed by atoms with E-state index in [1.165, 1.54) is 17.0 Å². The van der Waals surface area contributed by atoms with Gasteiger partial charge in [-0.05, 0) is 36.7 Å². The molecule has 0 aromatic heterocycles. The zero-order valence-corrected chi connectivity index (χ0v) is 9.69. The molecule has 17 heavy (non-hydrogen) atoms. The molecule has 2 nitrogen and oxygen atoms in total. The van der Waals surface area contributed by atoms with E-state index >= 15 is 0 Å². The molecule has 2 aromatic carbocycles. The molecule has 2 rings (SSSR count). The molecule has 0 spiro atoms. The van der Waals surface area contributed by atoms with Crippen LogP contribution in [0.5, 0.6) is 0 Å². The van der Waals surface area contributed by atoms with Crippen molar-refractivity contribution in [3.63, 3.8) is 0 Å². The molecule has 0 aliphatic rings. The van der Waals surface area contributed by atoms with Crippen molar-refractivity contribution >= 4 is 22.7 Å². The fourth-order valence-corrected chi connectivity index (χ4v) is 1.76. The Balaban J connectivity index is 2.13. The summed E-state index contributed by atoms with van der Waals surface area (Å²) in [7, 11) is 0. The second kappa shape index (κ2) is 5.85. The molecule has 0 amide bonds. The van der Waals surface area contributed by atoms with E-state index in [0.717, 1.165) is 18.5 Å². The Kier molecular flexibility index (Phi) is 3.92. The van der Waals surface area contributed by atoms with Crippen LogP contribution in [0.1, 0.15) is 12.8 Å². The van der Waals surface area contributed by atoms with E-state index in [2.05, 4.69) is 35.6 Å². The lowest BCUT2D eigenvalue weighted by Gasteiger charge is -2.05. The fraction of sp³-hybridized carbons (Fsp3) is 0.133. The van der Waals surface area contributed by atoms with E-state index in [4.69, 9.17) is 5.41 Å².